The molecule has 0 aliphatic heterocycles. The van der Waals surface area contributed by atoms with Crippen LogP contribution in [0.3, 0.4) is 0 Å². The highest BCUT2D eigenvalue weighted by atomic mass is 32.2. The summed E-state index contributed by atoms with van der Waals surface area (Å²) in [5.74, 6) is 0.311. The second-order valence-corrected chi connectivity index (χ2v) is 9.22. The molecule has 0 saturated heterocycles. The Morgan fingerprint density at radius 2 is 1.62 bits per heavy atom. The summed E-state index contributed by atoms with van der Waals surface area (Å²) in [7, 11) is 0. The van der Waals surface area contributed by atoms with Crippen molar-refractivity contribution in [1.82, 2.24) is 4.98 Å². The van der Waals surface area contributed by atoms with Gasteiger partial charge in [0.1, 0.15) is 10.8 Å². The average Bonchev–Trinajstić information content (AvgIpc) is 2.75. The van der Waals surface area contributed by atoms with Gasteiger partial charge in [-0.25, -0.2) is 4.98 Å². The number of carbonyl (C=O) groups excluding carboxylic acids is 2. The maximum atomic E-state index is 13.3. The predicted molar refractivity (Wildman–Crippen MR) is 139 cm³/mol. The Hall–Kier alpha value is -3.32. The molecule has 0 bridgehead atoms. The summed E-state index contributed by atoms with van der Waals surface area (Å²) < 4.78 is 5.63. The van der Waals surface area contributed by atoms with Gasteiger partial charge in [-0.05, 0) is 76.4 Å². The molecule has 3 aromatic rings. The van der Waals surface area contributed by atoms with E-state index in [0.717, 1.165) is 33.6 Å². The number of hydrogen-bond acceptors (Lipinski definition) is 5. The van der Waals surface area contributed by atoms with Crippen LogP contribution in [-0.2, 0) is 4.79 Å². The summed E-state index contributed by atoms with van der Waals surface area (Å²) in [4.78, 5) is 30.6. The summed E-state index contributed by atoms with van der Waals surface area (Å²) >= 11 is 1.26. The number of thioether (sulfide) groups is 1. The molecule has 0 aliphatic rings. The minimum atomic E-state index is -0.287. The molecule has 178 valence electrons. The Labute approximate surface area is 205 Å². The molecule has 7 heteroatoms. The van der Waals surface area contributed by atoms with Crippen LogP contribution in [0.1, 0.15) is 45.2 Å². The first-order valence-corrected chi connectivity index (χ1v) is 12.2. The summed E-state index contributed by atoms with van der Waals surface area (Å²) in [6.45, 7) is 12.1. The Morgan fingerprint density at radius 3 is 2.29 bits per heavy atom. The standard InChI is InChI=1S/C27H31N3O3S/c1-7-33-22-11-9-8-10-21(22)29-26(32)24-17(3)14-20(6)28-27(24)34-15-23(31)30-25-18(4)12-16(2)13-19(25)5/h8-14H,7,15H2,1-6H3,(H,29,32)(H,30,31). The van der Waals surface area contributed by atoms with E-state index in [1.165, 1.54) is 11.8 Å². The topological polar surface area (TPSA) is 80.3 Å². The van der Waals surface area contributed by atoms with E-state index in [2.05, 4.69) is 15.6 Å². The van der Waals surface area contributed by atoms with Crippen LogP contribution in [0, 0.1) is 34.6 Å². The monoisotopic (exact) mass is 477 g/mol. The van der Waals surface area contributed by atoms with Crippen molar-refractivity contribution in [1.29, 1.82) is 0 Å². The zero-order valence-corrected chi connectivity index (χ0v) is 21.4. The van der Waals surface area contributed by atoms with Gasteiger partial charge in [0.2, 0.25) is 5.91 Å². The van der Waals surface area contributed by atoms with Crippen molar-refractivity contribution in [2.45, 2.75) is 46.6 Å². The van der Waals surface area contributed by atoms with Gasteiger partial charge in [0.25, 0.3) is 5.91 Å². The fourth-order valence-corrected chi connectivity index (χ4v) is 4.85. The van der Waals surface area contributed by atoms with E-state index < -0.39 is 0 Å². The molecule has 0 spiro atoms. The SMILES string of the molecule is CCOc1ccccc1NC(=O)c1c(C)cc(C)nc1SCC(=O)Nc1c(C)cc(C)cc1C. The smallest absolute Gasteiger partial charge is 0.258 e. The lowest BCUT2D eigenvalue weighted by molar-refractivity contribution is -0.113. The molecule has 2 amide bonds. The molecule has 2 aromatic carbocycles. The molecule has 0 atom stereocenters. The van der Waals surface area contributed by atoms with Crippen LogP contribution in [0.25, 0.3) is 0 Å². The summed E-state index contributed by atoms with van der Waals surface area (Å²) in [5, 5.41) is 6.48. The third-order valence-corrected chi connectivity index (χ3v) is 6.23. The molecule has 1 aromatic heterocycles. The number of carbonyl (C=O) groups is 2. The van der Waals surface area contributed by atoms with Crippen molar-refractivity contribution in [2.24, 2.45) is 0 Å². The summed E-state index contributed by atoms with van der Waals surface area (Å²) in [5.41, 5.74) is 6.66. The fraction of sp³-hybridized carbons (Fsp3) is 0.296. The van der Waals surface area contributed by atoms with Crippen molar-refractivity contribution in [3.63, 3.8) is 0 Å². The van der Waals surface area contributed by atoms with E-state index in [1.54, 1.807) is 6.07 Å². The minimum Gasteiger partial charge on any atom is -0.492 e. The Bertz CT molecular complexity index is 1200. The molecule has 0 saturated carbocycles. The highest BCUT2D eigenvalue weighted by molar-refractivity contribution is 8.00. The lowest BCUT2D eigenvalue weighted by atomic mass is 10.1. The zero-order valence-electron chi connectivity index (χ0n) is 20.5. The number of hydrogen-bond donors (Lipinski definition) is 2. The van der Waals surface area contributed by atoms with Gasteiger partial charge in [-0.1, -0.05) is 41.6 Å². The molecule has 0 aliphatic carbocycles. The van der Waals surface area contributed by atoms with Crippen LogP contribution in [-0.4, -0.2) is 29.2 Å². The van der Waals surface area contributed by atoms with Gasteiger partial charge in [-0.2, -0.15) is 0 Å². The predicted octanol–water partition coefficient (Wildman–Crippen LogP) is 6.01. The number of anilines is 2. The van der Waals surface area contributed by atoms with Gasteiger partial charge in [0, 0.05) is 11.4 Å². The molecule has 3 rings (SSSR count). The molecule has 1 heterocycles. The highest BCUT2D eigenvalue weighted by Crippen LogP contribution is 2.29. The molecular formula is C27H31N3O3S. The lowest BCUT2D eigenvalue weighted by Crippen LogP contribution is -2.19. The van der Waals surface area contributed by atoms with Gasteiger partial charge in [-0.3, -0.25) is 9.59 Å². The number of aromatic nitrogens is 1. The maximum Gasteiger partial charge on any atom is 0.258 e. The van der Waals surface area contributed by atoms with Gasteiger partial charge in [-0.15, -0.1) is 0 Å². The van der Waals surface area contributed by atoms with Gasteiger partial charge < -0.3 is 15.4 Å². The molecule has 34 heavy (non-hydrogen) atoms. The second kappa shape index (κ2) is 11.2. The van der Waals surface area contributed by atoms with Crippen LogP contribution < -0.4 is 15.4 Å². The van der Waals surface area contributed by atoms with Crippen molar-refractivity contribution >= 4 is 35.0 Å². The number of nitrogens with one attached hydrogen (secondary N) is 2. The highest BCUT2D eigenvalue weighted by Gasteiger charge is 2.20. The first-order valence-electron chi connectivity index (χ1n) is 11.2. The Balaban J connectivity index is 1.79. The van der Waals surface area contributed by atoms with Crippen LogP contribution in [0.2, 0.25) is 0 Å². The van der Waals surface area contributed by atoms with Gasteiger partial charge >= 0.3 is 0 Å². The quantitative estimate of drug-likeness (QED) is 0.389. The average molecular weight is 478 g/mol. The number of benzene rings is 2. The van der Waals surface area contributed by atoms with Crippen LogP contribution in [0.15, 0.2) is 47.5 Å². The largest absolute Gasteiger partial charge is 0.492 e. The minimum absolute atomic E-state index is 0.137. The van der Waals surface area contributed by atoms with Crippen molar-refractivity contribution in [2.75, 3.05) is 23.0 Å². The fourth-order valence-electron chi connectivity index (χ4n) is 3.91. The lowest BCUT2D eigenvalue weighted by Gasteiger charge is -2.16. The summed E-state index contributed by atoms with van der Waals surface area (Å²) in [6, 6.07) is 13.3. The second-order valence-electron chi connectivity index (χ2n) is 8.25. The van der Waals surface area contributed by atoms with E-state index in [-0.39, 0.29) is 17.6 Å². The number of ether oxygens (including phenoxy) is 1. The number of pyridine rings is 1. The van der Waals surface area contributed by atoms with E-state index in [9.17, 15) is 9.59 Å². The molecule has 0 radical (unpaired) electrons. The number of rotatable bonds is 8. The van der Waals surface area contributed by atoms with Gasteiger partial charge in [0.15, 0.2) is 0 Å². The molecule has 0 unspecified atom stereocenters. The number of amides is 2. The van der Waals surface area contributed by atoms with Crippen molar-refractivity contribution in [3.8, 4) is 5.75 Å². The number of nitrogens with zero attached hydrogens (tertiary/aromatic N) is 1. The first kappa shape index (κ1) is 25.3. The zero-order chi connectivity index (χ0) is 24.8. The first-order chi connectivity index (χ1) is 16.2. The third-order valence-electron chi connectivity index (χ3n) is 5.26. The summed E-state index contributed by atoms with van der Waals surface area (Å²) in [6.07, 6.45) is 0. The molecule has 0 fully saturated rings. The third kappa shape index (κ3) is 6.17. The normalized spacial score (nSPS) is 10.6. The van der Waals surface area contributed by atoms with Crippen molar-refractivity contribution < 1.29 is 14.3 Å². The van der Waals surface area contributed by atoms with Gasteiger partial charge in [0.05, 0.1) is 23.6 Å². The molecule has 2 N–H and O–H groups in total. The maximum absolute atomic E-state index is 13.3. The van der Waals surface area contributed by atoms with Crippen molar-refractivity contribution in [3.05, 3.63) is 76.0 Å². The Morgan fingerprint density at radius 1 is 0.941 bits per heavy atom. The number of aryl methyl sites for hydroxylation is 5. The van der Waals surface area contributed by atoms with Crippen LogP contribution in [0.4, 0.5) is 11.4 Å². The number of para-hydroxylation sites is 2. The van der Waals surface area contributed by atoms with E-state index in [4.69, 9.17) is 4.74 Å². The Kier molecular flexibility index (Phi) is 8.34. The molecular weight excluding hydrogens is 446 g/mol. The van der Waals surface area contributed by atoms with E-state index in [0.29, 0.717) is 28.6 Å². The molecule has 6 nitrogen and oxygen atoms in total. The van der Waals surface area contributed by atoms with E-state index >= 15 is 0 Å². The van der Waals surface area contributed by atoms with E-state index in [1.807, 2.05) is 77.9 Å². The van der Waals surface area contributed by atoms with Crippen LogP contribution in [0.5, 0.6) is 5.75 Å². The van der Waals surface area contributed by atoms with Crippen LogP contribution >= 0.6 is 11.8 Å².